The van der Waals surface area contributed by atoms with Gasteiger partial charge in [-0.05, 0) is 30.8 Å². The number of thioether (sulfide) groups is 1. The average molecular weight is 151 g/mol. The van der Waals surface area contributed by atoms with Crippen molar-refractivity contribution in [2.45, 2.75) is 18.7 Å². The molecule has 1 rings (SSSR count). The van der Waals surface area contributed by atoms with Crippen molar-refractivity contribution in [3.63, 3.8) is 0 Å². The number of hydrogen-bond acceptors (Lipinski definition) is 1. The van der Waals surface area contributed by atoms with Gasteiger partial charge in [0.25, 0.3) is 0 Å². The summed E-state index contributed by atoms with van der Waals surface area (Å²) in [6, 6.07) is 0. The monoisotopic (exact) mass is 150 g/mol. The fourth-order valence-electron chi connectivity index (χ4n) is 0.915. The fourth-order valence-corrected chi connectivity index (χ4v) is 2.63. The van der Waals surface area contributed by atoms with Crippen LogP contribution in [0.4, 0.5) is 0 Å². The predicted molar refractivity (Wildman–Crippen MR) is 40.7 cm³/mol. The summed E-state index contributed by atoms with van der Waals surface area (Å²) in [6.45, 7) is 2.10. The minimum atomic E-state index is 0.394. The first-order valence-electron chi connectivity index (χ1n) is 3.02. The van der Waals surface area contributed by atoms with E-state index in [1.54, 1.807) is 0 Å². The normalized spacial score (nSPS) is 33.0. The summed E-state index contributed by atoms with van der Waals surface area (Å²) < 4.78 is 0. The molecule has 1 aliphatic rings. The second-order valence-electron chi connectivity index (χ2n) is 2.30. The first-order valence-corrected chi connectivity index (χ1v) is 4.61. The zero-order valence-corrected chi connectivity index (χ0v) is 6.63. The number of rotatable bonds is 1. The molecule has 1 heterocycles. The van der Waals surface area contributed by atoms with E-state index in [9.17, 15) is 0 Å². The third-order valence-corrected chi connectivity index (χ3v) is 3.16. The molecular formula is C6H11ClS. The molecule has 1 saturated heterocycles. The number of hydrogen-bond donors (Lipinski definition) is 0. The fraction of sp³-hybridized carbons (Fsp3) is 1.00. The Hall–Kier alpha value is 0.640. The molecule has 0 saturated carbocycles. The number of halogens is 1. The minimum Gasteiger partial charge on any atom is -0.162 e. The Morgan fingerprint density at radius 3 is 2.75 bits per heavy atom. The molecule has 0 spiro atoms. The van der Waals surface area contributed by atoms with Crippen LogP contribution in [0.5, 0.6) is 0 Å². The second-order valence-corrected chi connectivity index (χ2v) is 4.14. The molecule has 0 aromatic rings. The molecule has 2 atom stereocenters. The van der Waals surface area contributed by atoms with Crippen molar-refractivity contribution in [1.82, 2.24) is 0 Å². The van der Waals surface area contributed by atoms with Crippen molar-refractivity contribution in [3.8, 4) is 0 Å². The van der Waals surface area contributed by atoms with Gasteiger partial charge in [-0.25, -0.2) is 0 Å². The van der Waals surface area contributed by atoms with Crippen LogP contribution in [-0.2, 0) is 0 Å². The highest BCUT2D eigenvalue weighted by Gasteiger charge is 2.19. The van der Waals surface area contributed by atoms with Gasteiger partial charge in [0.15, 0.2) is 0 Å². The summed E-state index contributed by atoms with van der Waals surface area (Å²) in [7, 11) is 0. The molecule has 0 N–H and O–H groups in total. The summed E-state index contributed by atoms with van der Waals surface area (Å²) in [5, 5.41) is 0.394. The third kappa shape index (κ3) is 1.56. The summed E-state index contributed by atoms with van der Waals surface area (Å²) in [5.41, 5.74) is 0. The van der Waals surface area contributed by atoms with Gasteiger partial charge < -0.3 is 0 Å². The molecule has 2 unspecified atom stereocenters. The van der Waals surface area contributed by atoms with Crippen LogP contribution in [0.25, 0.3) is 0 Å². The van der Waals surface area contributed by atoms with Crippen molar-refractivity contribution in [3.05, 3.63) is 0 Å². The maximum Gasteiger partial charge on any atom is 0.0344 e. The third-order valence-electron chi connectivity index (χ3n) is 1.61. The second kappa shape index (κ2) is 2.98. The quantitative estimate of drug-likeness (QED) is 0.518. The van der Waals surface area contributed by atoms with Gasteiger partial charge in [-0.3, -0.25) is 0 Å². The van der Waals surface area contributed by atoms with Gasteiger partial charge in [0.2, 0.25) is 0 Å². The van der Waals surface area contributed by atoms with Crippen LogP contribution in [0.15, 0.2) is 0 Å². The Kier molecular flexibility index (Phi) is 2.51. The van der Waals surface area contributed by atoms with Gasteiger partial charge in [-0.1, -0.05) is 0 Å². The van der Waals surface area contributed by atoms with E-state index in [1.165, 1.54) is 17.9 Å². The summed E-state index contributed by atoms with van der Waals surface area (Å²) >= 11 is 7.90. The average Bonchev–Trinajstić information content (AvgIpc) is 2.12. The lowest BCUT2D eigenvalue weighted by Gasteiger charge is -2.08. The number of alkyl halides is 1. The van der Waals surface area contributed by atoms with E-state index in [1.807, 2.05) is 11.8 Å². The first-order chi connectivity index (χ1) is 3.80. The standard InChI is InChI=1S/C6H11ClS/c1-5(7)6-2-3-8-4-6/h5-6H,2-4H2,1H3. The van der Waals surface area contributed by atoms with Crippen molar-refractivity contribution >= 4 is 23.4 Å². The van der Waals surface area contributed by atoms with Crippen LogP contribution < -0.4 is 0 Å². The van der Waals surface area contributed by atoms with E-state index in [4.69, 9.17) is 11.6 Å². The van der Waals surface area contributed by atoms with E-state index in [0.29, 0.717) is 5.38 Å². The molecule has 0 nitrogen and oxygen atoms in total. The summed E-state index contributed by atoms with van der Waals surface area (Å²) in [5.74, 6) is 3.40. The van der Waals surface area contributed by atoms with Gasteiger partial charge >= 0.3 is 0 Å². The maximum atomic E-state index is 5.87. The molecule has 8 heavy (non-hydrogen) atoms. The lowest BCUT2D eigenvalue weighted by molar-refractivity contribution is 0.586. The van der Waals surface area contributed by atoms with E-state index < -0.39 is 0 Å². The molecule has 1 fully saturated rings. The predicted octanol–water partition coefficient (Wildman–Crippen LogP) is 2.37. The topological polar surface area (TPSA) is 0 Å². The largest absolute Gasteiger partial charge is 0.162 e. The van der Waals surface area contributed by atoms with Crippen LogP contribution in [0.1, 0.15) is 13.3 Å². The van der Waals surface area contributed by atoms with Crippen molar-refractivity contribution in [1.29, 1.82) is 0 Å². The molecule has 48 valence electrons. The van der Waals surface area contributed by atoms with E-state index in [-0.39, 0.29) is 0 Å². The van der Waals surface area contributed by atoms with Crippen molar-refractivity contribution < 1.29 is 0 Å². The molecule has 1 aliphatic heterocycles. The van der Waals surface area contributed by atoms with Crippen LogP contribution in [-0.4, -0.2) is 16.9 Å². The molecule has 0 aromatic heterocycles. The van der Waals surface area contributed by atoms with Crippen molar-refractivity contribution in [2.75, 3.05) is 11.5 Å². The van der Waals surface area contributed by atoms with Crippen LogP contribution in [0, 0.1) is 5.92 Å². The van der Waals surface area contributed by atoms with Crippen LogP contribution in [0.2, 0.25) is 0 Å². The Morgan fingerprint density at radius 2 is 2.50 bits per heavy atom. The molecular weight excluding hydrogens is 140 g/mol. The highest BCUT2D eigenvalue weighted by atomic mass is 35.5. The smallest absolute Gasteiger partial charge is 0.0344 e. The minimum absolute atomic E-state index is 0.394. The van der Waals surface area contributed by atoms with Gasteiger partial charge in [0.05, 0.1) is 0 Å². The molecule has 0 amide bonds. The van der Waals surface area contributed by atoms with E-state index in [0.717, 1.165) is 5.92 Å². The highest BCUT2D eigenvalue weighted by Crippen LogP contribution is 2.28. The SMILES string of the molecule is CC(Cl)C1CCSC1. The molecule has 0 aliphatic carbocycles. The van der Waals surface area contributed by atoms with Gasteiger partial charge in [0, 0.05) is 5.38 Å². The first kappa shape index (κ1) is 6.76. The van der Waals surface area contributed by atoms with Crippen LogP contribution in [0.3, 0.4) is 0 Å². The van der Waals surface area contributed by atoms with E-state index >= 15 is 0 Å². The molecule has 0 aromatic carbocycles. The molecule has 2 heteroatoms. The maximum absolute atomic E-state index is 5.87. The van der Waals surface area contributed by atoms with Crippen LogP contribution >= 0.6 is 23.4 Å². The Morgan fingerprint density at radius 1 is 1.75 bits per heavy atom. The zero-order valence-electron chi connectivity index (χ0n) is 5.06. The highest BCUT2D eigenvalue weighted by molar-refractivity contribution is 7.99. The molecule has 0 radical (unpaired) electrons. The lowest BCUT2D eigenvalue weighted by atomic mass is 10.1. The van der Waals surface area contributed by atoms with Gasteiger partial charge in [-0.2, -0.15) is 11.8 Å². The van der Waals surface area contributed by atoms with Gasteiger partial charge in [-0.15, -0.1) is 11.6 Å². The van der Waals surface area contributed by atoms with Crippen molar-refractivity contribution in [2.24, 2.45) is 5.92 Å². The van der Waals surface area contributed by atoms with E-state index in [2.05, 4.69) is 6.92 Å². The zero-order chi connectivity index (χ0) is 5.98. The molecule has 0 bridgehead atoms. The summed E-state index contributed by atoms with van der Waals surface area (Å²) in [4.78, 5) is 0. The Balaban J connectivity index is 2.24. The summed E-state index contributed by atoms with van der Waals surface area (Å²) in [6.07, 6.45) is 1.33. The Labute approximate surface area is 60.0 Å². The lowest BCUT2D eigenvalue weighted by Crippen LogP contribution is -2.08. The van der Waals surface area contributed by atoms with Gasteiger partial charge in [0.1, 0.15) is 0 Å². The Bertz CT molecular complexity index is 66.9.